The van der Waals surface area contributed by atoms with Gasteiger partial charge in [0.15, 0.2) is 5.13 Å². The number of thioether (sulfide) groups is 1. The van der Waals surface area contributed by atoms with Crippen molar-refractivity contribution in [2.24, 2.45) is 0 Å². The summed E-state index contributed by atoms with van der Waals surface area (Å²) in [5.41, 5.74) is 1.87. The van der Waals surface area contributed by atoms with Crippen molar-refractivity contribution in [3.8, 4) is 0 Å². The van der Waals surface area contributed by atoms with Crippen LogP contribution in [0.4, 0.5) is 5.13 Å². The minimum Gasteiger partial charge on any atom is -0.298 e. The van der Waals surface area contributed by atoms with Crippen molar-refractivity contribution in [3.63, 3.8) is 0 Å². The summed E-state index contributed by atoms with van der Waals surface area (Å²) < 4.78 is 0. The molecule has 1 aliphatic rings. The fourth-order valence-corrected chi connectivity index (χ4v) is 4.64. The van der Waals surface area contributed by atoms with E-state index in [4.69, 9.17) is 0 Å². The summed E-state index contributed by atoms with van der Waals surface area (Å²) in [7, 11) is 0. The Morgan fingerprint density at radius 3 is 2.96 bits per heavy atom. The van der Waals surface area contributed by atoms with E-state index in [-0.39, 0.29) is 5.91 Å². The third-order valence-electron chi connectivity index (χ3n) is 4.14. The maximum absolute atomic E-state index is 12.6. The molecule has 0 unspecified atom stereocenters. The second kappa shape index (κ2) is 7.68. The van der Waals surface area contributed by atoms with Crippen LogP contribution in [0.3, 0.4) is 0 Å². The molecule has 0 bridgehead atoms. The number of amides is 1. The van der Waals surface area contributed by atoms with Gasteiger partial charge in [0.2, 0.25) is 0 Å². The van der Waals surface area contributed by atoms with E-state index in [0.29, 0.717) is 11.2 Å². The highest BCUT2D eigenvalue weighted by Crippen LogP contribution is 2.30. The molecule has 4 nitrogen and oxygen atoms in total. The second-order valence-corrected chi connectivity index (χ2v) is 8.48. The van der Waals surface area contributed by atoms with Crippen LogP contribution < -0.4 is 5.32 Å². The normalized spacial score (nSPS) is 14.7. The molecule has 2 heterocycles. The Morgan fingerprint density at radius 1 is 1.42 bits per heavy atom. The average molecular weight is 362 g/mol. The number of nitrogens with zero attached hydrogens (tertiary/aromatic N) is 2. The zero-order valence-corrected chi connectivity index (χ0v) is 16.0. The van der Waals surface area contributed by atoms with Gasteiger partial charge in [0.05, 0.1) is 11.3 Å². The first-order valence-corrected chi connectivity index (χ1v) is 10.1. The zero-order valence-electron chi connectivity index (χ0n) is 14.3. The molecule has 128 valence electrons. The SMILES string of the molecule is CCSc1ccccc1C(=O)Nc1nc2c(s1)CN(C(C)C)CC2. The Kier molecular flexibility index (Phi) is 5.58. The van der Waals surface area contributed by atoms with Crippen LogP contribution in [0.1, 0.15) is 41.7 Å². The number of fused-ring (bicyclic) bond motifs is 1. The molecule has 6 heteroatoms. The van der Waals surface area contributed by atoms with Gasteiger partial charge in [-0.05, 0) is 31.7 Å². The third-order valence-corrected chi connectivity index (χ3v) is 6.10. The summed E-state index contributed by atoms with van der Waals surface area (Å²) in [6.07, 6.45) is 0.960. The van der Waals surface area contributed by atoms with Crippen LogP contribution in [-0.2, 0) is 13.0 Å². The van der Waals surface area contributed by atoms with Gasteiger partial charge in [0.1, 0.15) is 0 Å². The monoisotopic (exact) mass is 361 g/mol. The maximum atomic E-state index is 12.6. The van der Waals surface area contributed by atoms with Crippen molar-refractivity contribution in [2.45, 2.75) is 44.7 Å². The van der Waals surface area contributed by atoms with Gasteiger partial charge in [-0.25, -0.2) is 4.98 Å². The lowest BCUT2D eigenvalue weighted by Crippen LogP contribution is -2.35. The molecule has 1 aromatic heterocycles. The van der Waals surface area contributed by atoms with Gasteiger partial charge in [0.25, 0.3) is 5.91 Å². The first-order valence-electron chi connectivity index (χ1n) is 8.34. The largest absolute Gasteiger partial charge is 0.298 e. The van der Waals surface area contributed by atoms with Crippen LogP contribution in [0.2, 0.25) is 0 Å². The molecule has 0 saturated heterocycles. The first-order chi connectivity index (χ1) is 11.6. The third kappa shape index (κ3) is 3.82. The van der Waals surface area contributed by atoms with E-state index < -0.39 is 0 Å². The predicted octanol–water partition coefficient (Wildman–Crippen LogP) is 4.27. The van der Waals surface area contributed by atoms with Crippen molar-refractivity contribution >= 4 is 34.1 Å². The Morgan fingerprint density at radius 2 is 2.21 bits per heavy atom. The Balaban J connectivity index is 1.75. The van der Waals surface area contributed by atoms with E-state index in [0.717, 1.165) is 41.4 Å². The van der Waals surface area contributed by atoms with Crippen LogP contribution in [0, 0.1) is 0 Å². The second-order valence-electron chi connectivity index (χ2n) is 6.09. The topological polar surface area (TPSA) is 45.2 Å². The van der Waals surface area contributed by atoms with E-state index in [1.165, 1.54) is 4.88 Å². The van der Waals surface area contributed by atoms with Crippen molar-refractivity contribution in [1.29, 1.82) is 0 Å². The minimum absolute atomic E-state index is 0.0710. The summed E-state index contributed by atoms with van der Waals surface area (Å²) >= 11 is 3.29. The molecule has 0 radical (unpaired) electrons. The highest BCUT2D eigenvalue weighted by Gasteiger charge is 2.23. The van der Waals surface area contributed by atoms with E-state index in [2.05, 4.69) is 36.0 Å². The number of nitrogens with one attached hydrogen (secondary N) is 1. The fourth-order valence-electron chi connectivity index (χ4n) is 2.81. The molecule has 1 aromatic carbocycles. The number of benzene rings is 1. The Bertz CT molecular complexity index is 727. The van der Waals surface area contributed by atoms with Crippen LogP contribution in [0.5, 0.6) is 0 Å². The standard InChI is InChI=1S/C18H23N3OS2/c1-4-23-15-8-6-5-7-13(15)17(22)20-18-19-14-9-10-21(12(2)3)11-16(14)24-18/h5-8,12H,4,9-11H2,1-3H3,(H,19,20,22). The minimum atomic E-state index is -0.0710. The zero-order chi connectivity index (χ0) is 17.1. The van der Waals surface area contributed by atoms with E-state index in [1.807, 2.05) is 24.3 Å². The van der Waals surface area contributed by atoms with Crippen LogP contribution in [-0.4, -0.2) is 34.1 Å². The van der Waals surface area contributed by atoms with Crippen LogP contribution in [0.15, 0.2) is 29.2 Å². The number of thiazole rings is 1. The maximum Gasteiger partial charge on any atom is 0.258 e. The molecular weight excluding hydrogens is 338 g/mol. The molecule has 0 saturated carbocycles. The summed E-state index contributed by atoms with van der Waals surface area (Å²) in [5, 5.41) is 3.71. The predicted molar refractivity (Wildman–Crippen MR) is 102 cm³/mol. The first kappa shape index (κ1) is 17.5. The number of rotatable bonds is 5. The summed E-state index contributed by atoms with van der Waals surface area (Å²) in [4.78, 5) is 22.0. The molecule has 0 aliphatic carbocycles. The number of hydrogen-bond acceptors (Lipinski definition) is 5. The van der Waals surface area contributed by atoms with E-state index in [1.54, 1.807) is 23.1 Å². The molecule has 1 amide bonds. The smallest absolute Gasteiger partial charge is 0.258 e. The van der Waals surface area contributed by atoms with Gasteiger partial charge in [-0.2, -0.15) is 0 Å². The number of aromatic nitrogens is 1. The summed E-state index contributed by atoms with van der Waals surface area (Å²) in [6.45, 7) is 8.50. The average Bonchev–Trinajstić information content (AvgIpc) is 2.96. The number of hydrogen-bond donors (Lipinski definition) is 1. The molecule has 0 spiro atoms. The number of anilines is 1. The quantitative estimate of drug-likeness (QED) is 0.808. The molecule has 0 fully saturated rings. The molecular formula is C18H23N3OS2. The molecule has 24 heavy (non-hydrogen) atoms. The van der Waals surface area contributed by atoms with Gasteiger partial charge in [-0.15, -0.1) is 23.1 Å². The van der Waals surface area contributed by atoms with Crippen LogP contribution >= 0.6 is 23.1 Å². The number of carbonyl (C=O) groups excluding carboxylic acids is 1. The van der Waals surface area contributed by atoms with Gasteiger partial charge < -0.3 is 0 Å². The molecule has 0 atom stereocenters. The van der Waals surface area contributed by atoms with E-state index >= 15 is 0 Å². The molecule has 1 N–H and O–H groups in total. The fraction of sp³-hybridized carbons (Fsp3) is 0.444. The van der Waals surface area contributed by atoms with Gasteiger partial charge in [0, 0.05) is 35.3 Å². The lowest BCUT2D eigenvalue weighted by Gasteiger charge is -2.29. The number of carbonyl (C=O) groups is 1. The van der Waals surface area contributed by atoms with Crippen LogP contribution in [0.25, 0.3) is 0 Å². The van der Waals surface area contributed by atoms with Gasteiger partial charge >= 0.3 is 0 Å². The lowest BCUT2D eigenvalue weighted by molar-refractivity contribution is 0.102. The highest BCUT2D eigenvalue weighted by molar-refractivity contribution is 7.99. The highest BCUT2D eigenvalue weighted by atomic mass is 32.2. The van der Waals surface area contributed by atoms with Crippen molar-refractivity contribution in [1.82, 2.24) is 9.88 Å². The summed E-state index contributed by atoms with van der Waals surface area (Å²) in [6, 6.07) is 8.29. The van der Waals surface area contributed by atoms with Crippen molar-refractivity contribution in [3.05, 3.63) is 40.4 Å². The van der Waals surface area contributed by atoms with Gasteiger partial charge in [-0.3, -0.25) is 15.0 Å². The van der Waals surface area contributed by atoms with Crippen molar-refractivity contribution < 1.29 is 4.79 Å². The molecule has 2 aromatic rings. The Hall–Kier alpha value is -1.37. The van der Waals surface area contributed by atoms with Crippen molar-refractivity contribution in [2.75, 3.05) is 17.6 Å². The Labute approximate surface area is 151 Å². The lowest BCUT2D eigenvalue weighted by atomic mass is 10.1. The molecule has 1 aliphatic heterocycles. The molecule has 3 rings (SSSR count). The summed E-state index contributed by atoms with van der Waals surface area (Å²) in [5.74, 6) is 0.874. The van der Waals surface area contributed by atoms with Gasteiger partial charge in [-0.1, -0.05) is 19.1 Å². The van der Waals surface area contributed by atoms with E-state index in [9.17, 15) is 4.79 Å².